The van der Waals surface area contributed by atoms with Crippen molar-refractivity contribution in [1.82, 2.24) is 5.32 Å². The molecule has 2 rings (SSSR count). The third-order valence-corrected chi connectivity index (χ3v) is 3.38. The smallest absolute Gasteiger partial charge is 0.304 e. The van der Waals surface area contributed by atoms with E-state index in [2.05, 4.69) is 36.5 Å². The van der Waals surface area contributed by atoms with Gasteiger partial charge in [-0.15, -0.1) is 0 Å². The summed E-state index contributed by atoms with van der Waals surface area (Å²) in [5.74, 6) is -0.724. The molecule has 0 amide bonds. The Kier molecular flexibility index (Phi) is 4.37. The highest BCUT2D eigenvalue weighted by molar-refractivity contribution is 5.67. The lowest BCUT2D eigenvalue weighted by atomic mass is 10.0. The Bertz CT molecular complexity index is 395. The number of benzene rings is 1. The molecule has 1 atom stereocenters. The average molecular weight is 247 g/mol. The van der Waals surface area contributed by atoms with E-state index in [1.165, 1.54) is 24.0 Å². The Morgan fingerprint density at radius 2 is 1.94 bits per heavy atom. The Labute approximate surface area is 108 Å². The summed E-state index contributed by atoms with van der Waals surface area (Å²) in [6, 6.07) is 9.09. The summed E-state index contributed by atoms with van der Waals surface area (Å²) in [6.45, 7) is 2.14. The first-order valence-electron chi connectivity index (χ1n) is 6.73. The predicted molar refractivity (Wildman–Crippen MR) is 71.7 cm³/mol. The standard InChI is InChI=1S/C15H21NO2/c1-2-11-3-5-12(6-4-11)9-14(10-15(17)18)16-13-7-8-13/h3-6,13-14,16H,2,7-10H2,1H3,(H,17,18). The largest absolute Gasteiger partial charge is 0.481 e. The Morgan fingerprint density at radius 1 is 1.33 bits per heavy atom. The van der Waals surface area contributed by atoms with Crippen molar-refractivity contribution in [2.75, 3.05) is 0 Å². The number of carbonyl (C=O) groups is 1. The van der Waals surface area contributed by atoms with Gasteiger partial charge in [-0.2, -0.15) is 0 Å². The molecule has 1 aromatic carbocycles. The second-order valence-corrected chi connectivity index (χ2v) is 5.11. The second-order valence-electron chi connectivity index (χ2n) is 5.11. The number of carboxylic acids is 1. The maximum atomic E-state index is 10.9. The van der Waals surface area contributed by atoms with Crippen molar-refractivity contribution in [1.29, 1.82) is 0 Å². The first kappa shape index (κ1) is 13.1. The molecule has 18 heavy (non-hydrogen) atoms. The summed E-state index contributed by atoms with van der Waals surface area (Å²) in [5, 5.41) is 12.4. The lowest BCUT2D eigenvalue weighted by Crippen LogP contribution is -2.35. The van der Waals surface area contributed by atoms with Gasteiger partial charge in [-0.3, -0.25) is 4.79 Å². The average Bonchev–Trinajstić information content (AvgIpc) is 3.13. The van der Waals surface area contributed by atoms with Crippen LogP contribution in [0.25, 0.3) is 0 Å². The Hall–Kier alpha value is -1.35. The SMILES string of the molecule is CCc1ccc(CC(CC(=O)O)NC2CC2)cc1. The van der Waals surface area contributed by atoms with Gasteiger partial charge in [-0.05, 0) is 36.8 Å². The number of carboxylic acid groups (broad SMARTS) is 1. The van der Waals surface area contributed by atoms with Gasteiger partial charge in [0.25, 0.3) is 0 Å². The summed E-state index contributed by atoms with van der Waals surface area (Å²) in [4.78, 5) is 10.9. The first-order chi connectivity index (χ1) is 8.67. The molecule has 1 unspecified atom stereocenters. The molecule has 1 aliphatic carbocycles. The number of aryl methyl sites for hydroxylation is 1. The van der Waals surface area contributed by atoms with Crippen LogP contribution in [0.3, 0.4) is 0 Å². The molecular weight excluding hydrogens is 226 g/mol. The monoisotopic (exact) mass is 247 g/mol. The molecule has 1 saturated carbocycles. The van der Waals surface area contributed by atoms with Crippen molar-refractivity contribution in [2.24, 2.45) is 0 Å². The van der Waals surface area contributed by atoms with Crippen LogP contribution in [0.1, 0.15) is 37.3 Å². The molecule has 1 aliphatic rings. The third-order valence-electron chi connectivity index (χ3n) is 3.38. The van der Waals surface area contributed by atoms with E-state index in [0.29, 0.717) is 6.04 Å². The van der Waals surface area contributed by atoms with E-state index < -0.39 is 5.97 Å². The van der Waals surface area contributed by atoms with Crippen LogP contribution in [-0.4, -0.2) is 23.2 Å². The van der Waals surface area contributed by atoms with Crippen LogP contribution in [0.15, 0.2) is 24.3 Å². The van der Waals surface area contributed by atoms with Crippen molar-refractivity contribution in [2.45, 2.75) is 51.1 Å². The molecule has 2 N–H and O–H groups in total. The molecule has 1 aromatic rings. The highest BCUT2D eigenvalue weighted by Gasteiger charge is 2.25. The van der Waals surface area contributed by atoms with Crippen LogP contribution in [0.2, 0.25) is 0 Å². The van der Waals surface area contributed by atoms with Gasteiger partial charge in [0.2, 0.25) is 0 Å². The molecule has 98 valence electrons. The Balaban J connectivity index is 1.94. The normalized spacial score (nSPS) is 16.5. The lowest BCUT2D eigenvalue weighted by Gasteiger charge is -2.16. The number of hydrogen-bond acceptors (Lipinski definition) is 2. The van der Waals surface area contributed by atoms with Gasteiger partial charge in [0.15, 0.2) is 0 Å². The maximum absolute atomic E-state index is 10.9. The van der Waals surface area contributed by atoms with Crippen LogP contribution in [-0.2, 0) is 17.6 Å². The summed E-state index contributed by atoms with van der Waals surface area (Å²) in [5.41, 5.74) is 2.54. The molecule has 3 heteroatoms. The summed E-state index contributed by atoms with van der Waals surface area (Å²) >= 11 is 0. The van der Waals surface area contributed by atoms with Gasteiger partial charge in [0, 0.05) is 12.1 Å². The molecule has 0 saturated heterocycles. The molecule has 0 spiro atoms. The van der Waals surface area contributed by atoms with Gasteiger partial charge in [-0.25, -0.2) is 0 Å². The topological polar surface area (TPSA) is 49.3 Å². The van der Waals surface area contributed by atoms with Crippen LogP contribution >= 0.6 is 0 Å². The van der Waals surface area contributed by atoms with Gasteiger partial charge >= 0.3 is 5.97 Å². The summed E-state index contributed by atoms with van der Waals surface area (Å²) < 4.78 is 0. The molecule has 0 aliphatic heterocycles. The number of aliphatic carboxylic acids is 1. The number of nitrogens with one attached hydrogen (secondary N) is 1. The van der Waals surface area contributed by atoms with Crippen molar-refractivity contribution in [3.63, 3.8) is 0 Å². The molecule has 1 fully saturated rings. The lowest BCUT2D eigenvalue weighted by molar-refractivity contribution is -0.137. The quantitative estimate of drug-likeness (QED) is 0.777. The van der Waals surface area contributed by atoms with Crippen molar-refractivity contribution >= 4 is 5.97 Å². The molecule has 3 nitrogen and oxygen atoms in total. The maximum Gasteiger partial charge on any atom is 0.304 e. The summed E-state index contributed by atoms with van der Waals surface area (Å²) in [6.07, 6.45) is 4.41. The molecule has 0 bridgehead atoms. The minimum absolute atomic E-state index is 0.0578. The fraction of sp³-hybridized carbons (Fsp3) is 0.533. The van der Waals surface area contributed by atoms with Crippen LogP contribution in [0.5, 0.6) is 0 Å². The van der Waals surface area contributed by atoms with Gasteiger partial charge in [0.05, 0.1) is 6.42 Å². The summed E-state index contributed by atoms with van der Waals surface area (Å²) in [7, 11) is 0. The molecule has 0 aromatic heterocycles. The minimum atomic E-state index is -0.724. The molecular formula is C15H21NO2. The van der Waals surface area contributed by atoms with Crippen LogP contribution in [0, 0.1) is 0 Å². The van der Waals surface area contributed by atoms with Gasteiger partial charge < -0.3 is 10.4 Å². The van der Waals surface area contributed by atoms with E-state index in [0.717, 1.165) is 12.8 Å². The second kappa shape index (κ2) is 6.01. The van der Waals surface area contributed by atoms with Crippen molar-refractivity contribution in [3.05, 3.63) is 35.4 Å². The Morgan fingerprint density at radius 3 is 2.44 bits per heavy atom. The zero-order valence-electron chi connectivity index (χ0n) is 10.9. The van der Waals surface area contributed by atoms with E-state index in [4.69, 9.17) is 5.11 Å². The van der Waals surface area contributed by atoms with E-state index >= 15 is 0 Å². The van der Waals surface area contributed by atoms with Crippen molar-refractivity contribution in [3.8, 4) is 0 Å². The third kappa shape index (κ3) is 4.15. The predicted octanol–water partition coefficient (Wildman–Crippen LogP) is 2.39. The van der Waals surface area contributed by atoms with E-state index in [1.807, 2.05) is 0 Å². The fourth-order valence-electron chi connectivity index (χ4n) is 2.18. The van der Waals surface area contributed by atoms with Gasteiger partial charge in [-0.1, -0.05) is 31.2 Å². The molecule has 0 heterocycles. The minimum Gasteiger partial charge on any atom is -0.481 e. The number of rotatable bonds is 7. The highest BCUT2D eigenvalue weighted by atomic mass is 16.4. The van der Waals surface area contributed by atoms with Gasteiger partial charge in [0.1, 0.15) is 0 Å². The fourth-order valence-corrected chi connectivity index (χ4v) is 2.18. The van der Waals surface area contributed by atoms with Crippen LogP contribution in [0.4, 0.5) is 0 Å². The van der Waals surface area contributed by atoms with E-state index in [-0.39, 0.29) is 12.5 Å². The first-order valence-corrected chi connectivity index (χ1v) is 6.73. The van der Waals surface area contributed by atoms with E-state index in [1.54, 1.807) is 0 Å². The molecule has 0 radical (unpaired) electrons. The van der Waals surface area contributed by atoms with Crippen LogP contribution < -0.4 is 5.32 Å². The van der Waals surface area contributed by atoms with E-state index in [9.17, 15) is 4.79 Å². The van der Waals surface area contributed by atoms with Crippen molar-refractivity contribution < 1.29 is 9.90 Å². The zero-order valence-corrected chi connectivity index (χ0v) is 10.9. The zero-order chi connectivity index (χ0) is 13.0. The number of hydrogen-bond donors (Lipinski definition) is 2. The highest BCUT2D eigenvalue weighted by Crippen LogP contribution is 2.21.